The summed E-state index contributed by atoms with van der Waals surface area (Å²) >= 11 is 0. The van der Waals surface area contributed by atoms with E-state index in [0.717, 1.165) is 44.2 Å². The molecule has 2 aliphatic rings. The summed E-state index contributed by atoms with van der Waals surface area (Å²) in [7, 11) is 3.41. The molecule has 2 fully saturated rings. The molecule has 2 atom stereocenters. The van der Waals surface area contributed by atoms with Gasteiger partial charge in [-0.3, -0.25) is 9.80 Å². The summed E-state index contributed by atoms with van der Waals surface area (Å²) in [5.74, 6) is 1.68. The quantitative estimate of drug-likeness (QED) is 0.817. The zero-order valence-electron chi connectivity index (χ0n) is 16.0. The highest BCUT2D eigenvalue weighted by Gasteiger charge is 2.30. The number of ether oxygens (including phenoxy) is 3. The van der Waals surface area contributed by atoms with Gasteiger partial charge in [-0.1, -0.05) is 12.1 Å². The van der Waals surface area contributed by atoms with E-state index in [4.69, 9.17) is 14.2 Å². The van der Waals surface area contributed by atoms with Crippen LogP contribution in [0, 0.1) is 0 Å². The molecule has 1 aromatic rings. The van der Waals surface area contributed by atoms with Crippen molar-refractivity contribution in [3.63, 3.8) is 0 Å². The Balaban J connectivity index is 1.56. The van der Waals surface area contributed by atoms with Crippen LogP contribution in [0.4, 0.5) is 0 Å². The molecule has 0 aromatic heterocycles. The van der Waals surface area contributed by atoms with Crippen molar-refractivity contribution in [1.29, 1.82) is 0 Å². The first kappa shape index (κ1) is 18.5. The third-order valence-corrected chi connectivity index (χ3v) is 5.40. The fraction of sp³-hybridized carbons (Fsp3) is 0.700. The maximum atomic E-state index is 5.88. The summed E-state index contributed by atoms with van der Waals surface area (Å²) < 4.78 is 16.9. The fourth-order valence-electron chi connectivity index (χ4n) is 4.28. The van der Waals surface area contributed by atoms with Gasteiger partial charge in [-0.25, -0.2) is 0 Å². The number of hydrogen-bond acceptors (Lipinski definition) is 5. The maximum absolute atomic E-state index is 5.88. The number of para-hydroxylation sites is 1. The first-order valence-corrected chi connectivity index (χ1v) is 9.42. The zero-order valence-corrected chi connectivity index (χ0v) is 16.0. The van der Waals surface area contributed by atoms with E-state index in [-0.39, 0.29) is 0 Å². The minimum absolute atomic E-state index is 0.350. The molecule has 5 heteroatoms. The lowest BCUT2D eigenvalue weighted by Crippen LogP contribution is -2.53. The van der Waals surface area contributed by atoms with E-state index in [1.807, 2.05) is 12.1 Å². The smallest absolute Gasteiger partial charge is 0.165 e. The van der Waals surface area contributed by atoms with E-state index in [2.05, 4.69) is 29.7 Å². The van der Waals surface area contributed by atoms with Crippen LogP contribution in [0.3, 0.4) is 0 Å². The molecular formula is C20H32N2O3. The van der Waals surface area contributed by atoms with Gasteiger partial charge >= 0.3 is 0 Å². The van der Waals surface area contributed by atoms with Crippen LogP contribution in [0.5, 0.6) is 11.5 Å². The second-order valence-corrected chi connectivity index (χ2v) is 7.37. The van der Waals surface area contributed by atoms with Crippen molar-refractivity contribution < 1.29 is 14.2 Å². The molecule has 140 valence electrons. The number of likely N-dealkylation sites (tertiary alicyclic amines) is 1. The predicted molar refractivity (Wildman–Crippen MR) is 99.4 cm³/mol. The minimum Gasteiger partial charge on any atom is -0.493 e. The summed E-state index contributed by atoms with van der Waals surface area (Å²) in [4.78, 5) is 5.17. The Hall–Kier alpha value is -1.30. The highest BCUT2D eigenvalue weighted by atomic mass is 16.5. The number of morpholine rings is 1. The highest BCUT2D eigenvalue weighted by molar-refractivity contribution is 5.46. The molecular weight excluding hydrogens is 316 g/mol. The van der Waals surface area contributed by atoms with Crippen LogP contribution in [0.25, 0.3) is 0 Å². The SMILES string of the molecule is COc1cccc(CN2CCC(N3C[C@H](C)O[C@@H](C)C3)CC2)c1OC. The summed E-state index contributed by atoms with van der Waals surface area (Å²) in [6.45, 7) is 9.69. The van der Waals surface area contributed by atoms with Gasteiger partial charge in [0.15, 0.2) is 11.5 Å². The first-order valence-electron chi connectivity index (χ1n) is 9.42. The molecule has 0 saturated carbocycles. The van der Waals surface area contributed by atoms with E-state index in [0.29, 0.717) is 18.2 Å². The van der Waals surface area contributed by atoms with Crippen molar-refractivity contribution in [1.82, 2.24) is 9.80 Å². The third-order valence-electron chi connectivity index (χ3n) is 5.40. The molecule has 0 N–H and O–H groups in total. The Morgan fingerprint density at radius 2 is 1.72 bits per heavy atom. The van der Waals surface area contributed by atoms with Crippen molar-refractivity contribution in [2.24, 2.45) is 0 Å². The van der Waals surface area contributed by atoms with Crippen molar-refractivity contribution in [3.05, 3.63) is 23.8 Å². The summed E-state index contributed by atoms with van der Waals surface area (Å²) in [6, 6.07) is 6.82. The molecule has 0 unspecified atom stereocenters. The second kappa shape index (κ2) is 8.39. The largest absolute Gasteiger partial charge is 0.493 e. The Bertz CT molecular complexity index is 548. The van der Waals surface area contributed by atoms with Gasteiger partial charge in [0.05, 0.1) is 26.4 Å². The lowest BCUT2D eigenvalue weighted by atomic mass is 10.0. The summed E-state index contributed by atoms with van der Waals surface area (Å²) in [5.41, 5.74) is 1.20. The number of rotatable bonds is 5. The van der Waals surface area contributed by atoms with Crippen LogP contribution >= 0.6 is 0 Å². The van der Waals surface area contributed by atoms with Gasteiger partial charge in [0.25, 0.3) is 0 Å². The van der Waals surface area contributed by atoms with Crippen LogP contribution in [0.15, 0.2) is 18.2 Å². The highest BCUT2D eigenvalue weighted by Crippen LogP contribution is 2.32. The molecule has 2 saturated heterocycles. The molecule has 5 nitrogen and oxygen atoms in total. The first-order chi connectivity index (χ1) is 12.1. The van der Waals surface area contributed by atoms with Crippen LogP contribution < -0.4 is 9.47 Å². The van der Waals surface area contributed by atoms with Crippen LogP contribution in [-0.4, -0.2) is 68.4 Å². The number of methoxy groups -OCH3 is 2. The molecule has 3 rings (SSSR count). The molecule has 2 aliphatic heterocycles. The lowest BCUT2D eigenvalue weighted by Gasteiger charge is -2.43. The Kier molecular flexibility index (Phi) is 6.20. The lowest BCUT2D eigenvalue weighted by molar-refractivity contribution is -0.0865. The van der Waals surface area contributed by atoms with E-state index < -0.39 is 0 Å². The van der Waals surface area contributed by atoms with Crippen molar-refractivity contribution in [2.45, 2.75) is 51.5 Å². The van der Waals surface area contributed by atoms with Gasteiger partial charge in [0.2, 0.25) is 0 Å². The number of hydrogen-bond donors (Lipinski definition) is 0. The minimum atomic E-state index is 0.350. The third kappa shape index (κ3) is 4.46. The molecule has 0 amide bonds. The number of benzene rings is 1. The fourth-order valence-corrected chi connectivity index (χ4v) is 4.28. The van der Waals surface area contributed by atoms with E-state index >= 15 is 0 Å². The molecule has 2 heterocycles. The van der Waals surface area contributed by atoms with E-state index in [1.165, 1.54) is 18.4 Å². The number of nitrogens with zero attached hydrogens (tertiary/aromatic N) is 2. The monoisotopic (exact) mass is 348 g/mol. The molecule has 0 spiro atoms. The van der Waals surface area contributed by atoms with Gasteiger partial charge in [-0.05, 0) is 45.8 Å². The molecule has 0 radical (unpaired) electrons. The van der Waals surface area contributed by atoms with Crippen molar-refractivity contribution in [2.75, 3.05) is 40.4 Å². The Labute approximate surface area is 151 Å². The van der Waals surface area contributed by atoms with E-state index in [9.17, 15) is 0 Å². The topological polar surface area (TPSA) is 34.2 Å². The zero-order chi connectivity index (χ0) is 17.8. The average molecular weight is 348 g/mol. The maximum Gasteiger partial charge on any atom is 0.165 e. The normalized spacial score (nSPS) is 26.6. The Morgan fingerprint density at radius 3 is 2.32 bits per heavy atom. The summed E-state index contributed by atoms with van der Waals surface area (Å²) in [6.07, 6.45) is 3.16. The van der Waals surface area contributed by atoms with Crippen molar-refractivity contribution in [3.8, 4) is 11.5 Å². The van der Waals surface area contributed by atoms with Gasteiger partial charge < -0.3 is 14.2 Å². The molecule has 0 aliphatic carbocycles. The summed E-state index contributed by atoms with van der Waals surface area (Å²) in [5, 5.41) is 0. The van der Waals surface area contributed by atoms with E-state index in [1.54, 1.807) is 14.2 Å². The second-order valence-electron chi connectivity index (χ2n) is 7.37. The van der Waals surface area contributed by atoms with Gasteiger partial charge in [0, 0.05) is 31.2 Å². The number of piperidine rings is 1. The molecule has 0 bridgehead atoms. The van der Waals surface area contributed by atoms with Gasteiger partial charge in [-0.2, -0.15) is 0 Å². The van der Waals surface area contributed by atoms with Gasteiger partial charge in [0.1, 0.15) is 0 Å². The molecule has 25 heavy (non-hydrogen) atoms. The average Bonchev–Trinajstić information content (AvgIpc) is 2.61. The predicted octanol–water partition coefficient (Wildman–Crippen LogP) is 2.78. The van der Waals surface area contributed by atoms with Crippen LogP contribution in [0.1, 0.15) is 32.3 Å². The molecule has 1 aromatic carbocycles. The van der Waals surface area contributed by atoms with Crippen molar-refractivity contribution >= 4 is 0 Å². The van der Waals surface area contributed by atoms with Crippen LogP contribution in [-0.2, 0) is 11.3 Å². The Morgan fingerprint density at radius 1 is 1.04 bits per heavy atom. The van der Waals surface area contributed by atoms with Crippen LogP contribution in [0.2, 0.25) is 0 Å². The standard InChI is InChI=1S/C20H32N2O3/c1-15-12-22(13-16(2)25-15)18-8-10-21(11-9-18)14-17-6-5-7-19(23-3)20(17)24-4/h5-7,15-16,18H,8-14H2,1-4H3/t15-,16-/m0/s1. The van der Waals surface area contributed by atoms with Gasteiger partial charge in [-0.15, -0.1) is 0 Å².